The number of hydrogen-bond donors (Lipinski definition) is 1. The Morgan fingerprint density at radius 2 is 0.957 bits per heavy atom. The van der Waals surface area contributed by atoms with E-state index in [1.54, 1.807) is 11.0 Å². The van der Waals surface area contributed by atoms with Crippen LogP contribution in [-0.2, 0) is 9.47 Å². The van der Waals surface area contributed by atoms with Gasteiger partial charge in [0.1, 0.15) is 4.88 Å². The molecule has 0 unspecified atom stereocenters. The predicted molar refractivity (Wildman–Crippen MR) is 230 cm³/mol. The van der Waals surface area contributed by atoms with E-state index in [-0.39, 0.29) is 50.3 Å². The number of aromatic carboxylic acids is 1. The van der Waals surface area contributed by atoms with Crippen LogP contribution in [0.25, 0.3) is 20.2 Å². The van der Waals surface area contributed by atoms with Crippen molar-refractivity contribution < 1.29 is 86.4 Å². The SMILES string of the molecule is Cc1ccc2sc(C(=O)N3CCCC34CCN(C(=O)OC(C(F)(F)F)C(F)(F)F)CC4)cc2c1.Cc1ccc2sc(C(=O)O)cc2c1.O=C(OC(C(F)(F)F)C(F)(F)F)N1CCC2(CCCC2)CC1. The topological polar surface area (TPSA) is 117 Å². The summed E-state index contributed by atoms with van der Waals surface area (Å²) in [6.45, 7) is 4.53. The van der Waals surface area contributed by atoms with Gasteiger partial charge >= 0.3 is 42.9 Å². The van der Waals surface area contributed by atoms with Crippen LogP contribution in [0.4, 0.5) is 62.3 Å². The highest BCUT2D eigenvalue weighted by molar-refractivity contribution is 7.21. The molecule has 1 saturated carbocycles. The quantitative estimate of drug-likeness (QED) is 0.202. The van der Waals surface area contributed by atoms with Crippen LogP contribution in [0.5, 0.6) is 0 Å². The number of carbonyl (C=O) groups is 4. The molecular weight excluding hydrogens is 987 g/mol. The van der Waals surface area contributed by atoms with Gasteiger partial charge in [0.2, 0.25) is 0 Å². The van der Waals surface area contributed by atoms with Gasteiger partial charge in [-0.25, -0.2) is 14.4 Å². The van der Waals surface area contributed by atoms with Crippen LogP contribution in [0.15, 0.2) is 48.5 Å². The summed E-state index contributed by atoms with van der Waals surface area (Å²) in [5.41, 5.74) is 1.74. The van der Waals surface area contributed by atoms with Crippen LogP contribution in [0, 0.1) is 19.3 Å². The number of alkyl halides is 12. The van der Waals surface area contributed by atoms with E-state index in [1.807, 2.05) is 56.3 Å². The van der Waals surface area contributed by atoms with Crippen LogP contribution in [0.2, 0.25) is 0 Å². The zero-order valence-corrected chi connectivity index (χ0v) is 38.6. The maximum atomic E-state index is 13.3. The van der Waals surface area contributed by atoms with Gasteiger partial charge in [0.25, 0.3) is 18.1 Å². The highest BCUT2D eigenvalue weighted by Gasteiger charge is 2.61. The number of amides is 3. The Kier molecular flexibility index (Phi) is 15.8. The van der Waals surface area contributed by atoms with E-state index in [1.165, 1.54) is 22.7 Å². The number of carboxylic acids is 1. The second kappa shape index (κ2) is 20.4. The second-order valence-corrected chi connectivity index (χ2v) is 19.9. The fraction of sp³-hybridized carbons (Fsp3) is 0.556. The number of carbonyl (C=O) groups excluding carboxylic acids is 3. The van der Waals surface area contributed by atoms with Crippen molar-refractivity contribution in [2.24, 2.45) is 5.41 Å². The average Bonchev–Trinajstić information content (AvgIpc) is 4.07. The molecule has 3 aliphatic heterocycles. The molecule has 3 saturated heterocycles. The molecule has 4 fully saturated rings. The third kappa shape index (κ3) is 12.9. The Bertz CT molecular complexity index is 2450. The first-order valence-corrected chi connectivity index (χ1v) is 23.4. The molecular formula is C45H47F12N3O7S2. The van der Waals surface area contributed by atoms with E-state index >= 15 is 0 Å². The first kappa shape index (κ1) is 53.4. The van der Waals surface area contributed by atoms with E-state index in [9.17, 15) is 71.9 Å². The molecule has 1 aliphatic carbocycles. The number of likely N-dealkylation sites (tertiary alicyclic amines) is 3. The lowest BCUT2D eigenvalue weighted by Gasteiger charge is -2.44. The van der Waals surface area contributed by atoms with Crippen molar-refractivity contribution in [2.75, 3.05) is 32.7 Å². The molecule has 2 spiro atoms. The van der Waals surface area contributed by atoms with Crippen LogP contribution >= 0.6 is 22.7 Å². The largest absolute Gasteiger partial charge is 0.477 e. The Balaban J connectivity index is 0.000000190. The summed E-state index contributed by atoms with van der Waals surface area (Å²) in [5, 5.41) is 10.7. The maximum Gasteiger partial charge on any atom is 0.434 e. The minimum Gasteiger partial charge on any atom is -0.477 e. The summed E-state index contributed by atoms with van der Waals surface area (Å²) >= 11 is 2.69. The Labute approximate surface area is 395 Å². The number of benzene rings is 2. The van der Waals surface area contributed by atoms with Gasteiger partial charge in [-0.15, -0.1) is 22.7 Å². The van der Waals surface area contributed by atoms with Gasteiger partial charge < -0.3 is 29.3 Å². The van der Waals surface area contributed by atoms with Gasteiger partial charge in [0.05, 0.1) is 4.88 Å². The smallest absolute Gasteiger partial charge is 0.434 e. The highest BCUT2D eigenvalue weighted by atomic mass is 32.1. The molecule has 10 nitrogen and oxygen atoms in total. The zero-order valence-electron chi connectivity index (χ0n) is 37.0. The number of thiophene rings is 2. The molecule has 8 rings (SSSR count). The third-order valence-electron chi connectivity index (χ3n) is 12.9. The molecule has 69 heavy (non-hydrogen) atoms. The number of fused-ring (bicyclic) bond motifs is 2. The molecule has 2 aromatic carbocycles. The normalized spacial score (nSPS) is 18.4. The van der Waals surface area contributed by atoms with Crippen molar-refractivity contribution >= 4 is 66.9 Å². The summed E-state index contributed by atoms with van der Waals surface area (Å²) in [6, 6.07) is 15.4. The number of nitrogens with zero attached hydrogens (tertiary/aromatic N) is 3. The lowest BCUT2D eigenvalue weighted by atomic mass is 9.77. The monoisotopic (exact) mass is 1030 g/mol. The van der Waals surface area contributed by atoms with Crippen molar-refractivity contribution in [1.82, 2.24) is 14.7 Å². The maximum absolute atomic E-state index is 13.3. The molecule has 2 aromatic heterocycles. The number of piperidine rings is 2. The molecule has 5 heterocycles. The minimum atomic E-state index is -5.76. The van der Waals surface area contributed by atoms with Crippen molar-refractivity contribution in [2.45, 2.75) is 121 Å². The summed E-state index contributed by atoms with van der Waals surface area (Å²) < 4.78 is 160. The summed E-state index contributed by atoms with van der Waals surface area (Å²) in [6.07, 6.45) is -27.1. The molecule has 0 bridgehead atoms. The van der Waals surface area contributed by atoms with Gasteiger partial charge in [-0.05, 0) is 106 Å². The summed E-state index contributed by atoms with van der Waals surface area (Å²) in [4.78, 5) is 52.2. The summed E-state index contributed by atoms with van der Waals surface area (Å²) in [7, 11) is 0. The van der Waals surface area contributed by atoms with Crippen LogP contribution in [0.1, 0.15) is 94.7 Å². The molecule has 3 amide bonds. The molecule has 4 aliphatic rings. The molecule has 1 N–H and O–H groups in total. The van der Waals surface area contributed by atoms with Crippen LogP contribution in [0.3, 0.4) is 0 Å². The number of hydrogen-bond acceptors (Lipinski definition) is 8. The van der Waals surface area contributed by atoms with Gasteiger partial charge in [-0.3, -0.25) is 4.79 Å². The minimum absolute atomic E-state index is 0.101. The van der Waals surface area contributed by atoms with Crippen molar-refractivity contribution in [3.8, 4) is 0 Å². The van der Waals surface area contributed by atoms with Crippen LogP contribution < -0.4 is 0 Å². The predicted octanol–water partition coefficient (Wildman–Crippen LogP) is 13.1. The van der Waals surface area contributed by atoms with Crippen molar-refractivity contribution in [3.63, 3.8) is 0 Å². The number of ether oxygens (including phenoxy) is 2. The van der Waals surface area contributed by atoms with E-state index in [0.717, 1.165) is 73.2 Å². The molecule has 24 heteroatoms. The number of aryl methyl sites for hydroxylation is 2. The zero-order chi connectivity index (χ0) is 50.9. The second-order valence-electron chi connectivity index (χ2n) is 17.8. The molecule has 4 aromatic rings. The number of carboxylic acid groups (broad SMARTS) is 1. The molecule has 0 atom stereocenters. The highest BCUT2D eigenvalue weighted by Crippen LogP contribution is 2.47. The van der Waals surface area contributed by atoms with E-state index in [2.05, 4.69) is 9.47 Å². The number of rotatable bonds is 4. The van der Waals surface area contributed by atoms with Crippen LogP contribution in [-0.4, -0.2) is 119 Å². The van der Waals surface area contributed by atoms with Crippen molar-refractivity contribution in [1.29, 1.82) is 0 Å². The lowest BCUT2D eigenvalue weighted by Crippen LogP contribution is -2.56. The van der Waals surface area contributed by atoms with E-state index in [0.29, 0.717) is 35.6 Å². The summed E-state index contributed by atoms with van der Waals surface area (Å²) in [5.74, 6) is -1.000. The number of halogens is 12. The fourth-order valence-electron chi connectivity index (χ4n) is 9.33. The van der Waals surface area contributed by atoms with Gasteiger partial charge in [-0.1, -0.05) is 48.2 Å². The van der Waals surface area contributed by atoms with E-state index in [4.69, 9.17) is 5.11 Å². The Hall–Kier alpha value is -5.00. The van der Waals surface area contributed by atoms with Gasteiger partial charge in [-0.2, -0.15) is 52.7 Å². The fourth-order valence-corrected chi connectivity index (χ4v) is 11.2. The lowest BCUT2D eigenvalue weighted by molar-refractivity contribution is -0.309. The standard InChI is InChI=1S/C22H22F6N2O3S.C13H17F6NO2.C10H8O2S/c1-13-3-4-15-14(11-13)12-16(34-15)17(31)30-8-2-5-20(30)6-9-29(10-7-20)19(32)33-18(21(23,24)25)22(26,27)28;14-12(15,16)9(13(17,18)19)22-10(21)20-7-5-11(6-8-20)3-1-2-4-11;1-6-2-3-8-7(4-6)5-9(13-8)10(11)12/h3-4,11-12,18H,2,5-10H2,1H3;9H,1-8H2;2-5H,1H3,(H,11,12). The first-order valence-electron chi connectivity index (χ1n) is 21.7. The Morgan fingerprint density at radius 1 is 0.551 bits per heavy atom. The van der Waals surface area contributed by atoms with Crippen molar-refractivity contribution in [3.05, 3.63) is 69.4 Å². The average molecular weight is 1030 g/mol. The van der Waals surface area contributed by atoms with Gasteiger partial charge in [0.15, 0.2) is 0 Å². The molecule has 380 valence electrons. The first-order chi connectivity index (χ1) is 32.0. The Morgan fingerprint density at radius 3 is 1.38 bits per heavy atom. The third-order valence-corrected chi connectivity index (χ3v) is 15.1. The molecule has 0 radical (unpaired) electrons. The van der Waals surface area contributed by atoms with E-state index < -0.39 is 60.6 Å². The van der Waals surface area contributed by atoms with Gasteiger partial charge in [0, 0.05) is 47.7 Å².